The summed E-state index contributed by atoms with van der Waals surface area (Å²) >= 11 is 0. The summed E-state index contributed by atoms with van der Waals surface area (Å²) in [5.41, 5.74) is 5.12. The number of carbonyl (C=O) groups excluding carboxylic acids is 1. The average molecular weight is 278 g/mol. The standard InChI is InChI=1S/C13H18N4O3/c14-12(18)11-7-10(17(19)20)8-15-13(11)16-9-5-3-1-2-4-6-9/h7-9H,1-6H2,(H2,14,18)(H,15,16). The summed E-state index contributed by atoms with van der Waals surface area (Å²) in [6.45, 7) is 0. The minimum Gasteiger partial charge on any atom is -0.367 e. The molecule has 1 aromatic rings. The van der Waals surface area contributed by atoms with Crippen molar-refractivity contribution in [2.24, 2.45) is 5.73 Å². The molecule has 0 radical (unpaired) electrons. The Morgan fingerprint density at radius 3 is 2.55 bits per heavy atom. The van der Waals surface area contributed by atoms with Gasteiger partial charge in [-0.1, -0.05) is 25.7 Å². The van der Waals surface area contributed by atoms with Crippen LogP contribution in [0.5, 0.6) is 0 Å². The molecule has 0 atom stereocenters. The molecule has 0 saturated heterocycles. The van der Waals surface area contributed by atoms with Crippen molar-refractivity contribution in [3.05, 3.63) is 27.9 Å². The van der Waals surface area contributed by atoms with Crippen molar-refractivity contribution in [2.75, 3.05) is 5.32 Å². The molecule has 1 aromatic heterocycles. The summed E-state index contributed by atoms with van der Waals surface area (Å²) in [6.07, 6.45) is 7.87. The number of pyridine rings is 1. The number of rotatable bonds is 4. The first kappa shape index (κ1) is 14.2. The van der Waals surface area contributed by atoms with E-state index in [1.54, 1.807) is 0 Å². The molecule has 7 nitrogen and oxygen atoms in total. The van der Waals surface area contributed by atoms with Crippen LogP contribution in [-0.2, 0) is 0 Å². The summed E-state index contributed by atoms with van der Waals surface area (Å²) in [4.78, 5) is 25.5. The molecule has 1 aliphatic carbocycles. The molecule has 1 amide bonds. The van der Waals surface area contributed by atoms with E-state index < -0.39 is 10.8 Å². The molecule has 1 fully saturated rings. The van der Waals surface area contributed by atoms with E-state index in [0.717, 1.165) is 31.9 Å². The number of aromatic nitrogens is 1. The Balaban J connectivity index is 2.21. The third-order valence-corrected chi connectivity index (χ3v) is 3.55. The minimum absolute atomic E-state index is 0.0726. The van der Waals surface area contributed by atoms with Crippen LogP contribution in [0.2, 0.25) is 0 Å². The molecule has 0 aliphatic heterocycles. The molecule has 20 heavy (non-hydrogen) atoms. The highest BCUT2D eigenvalue weighted by Gasteiger charge is 2.19. The summed E-state index contributed by atoms with van der Waals surface area (Å²) in [5, 5.41) is 13.9. The van der Waals surface area contributed by atoms with Crippen molar-refractivity contribution in [1.82, 2.24) is 4.98 Å². The van der Waals surface area contributed by atoms with E-state index in [9.17, 15) is 14.9 Å². The number of carbonyl (C=O) groups is 1. The van der Waals surface area contributed by atoms with Gasteiger partial charge in [-0.15, -0.1) is 0 Å². The number of nitrogens with two attached hydrogens (primary N) is 1. The Morgan fingerprint density at radius 2 is 2.00 bits per heavy atom. The van der Waals surface area contributed by atoms with Crippen LogP contribution < -0.4 is 11.1 Å². The molecule has 0 spiro atoms. The first-order chi connectivity index (χ1) is 9.58. The van der Waals surface area contributed by atoms with Crippen molar-refractivity contribution in [3.8, 4) is 0 Å². The monoisotopic (exact) mass is 278 g/mol. The van der Waals surface area contributed by atoms with E-state index in [0.29, 0.717) is 5.82 Å². The maximum atomic E-state index is 11.4. The summed E-state index contributed by atoms with van der Waals surface area (Å²) < 4.78 is 0. The molecule has 0 aromatic carbocycles. The number of nitro groups is 1. The van der Waals surface area contributed by atoms with Crippen molar-refractivity contribution in [3.63, 3.8) is 0 Å². The van der Waals surface area contributed by atoms with E-state index >= 15 is 0 Å². The van der Waals surface area contributed by atoms with Crippen molar-refractivity contribution >= 4 is 17.4 Å². The number of nitrogens with zero attached hydrogens (tertiary/aromatic N) is 2. The van der Waals surface area contributed by atoms with Gasteiger partial charge in [0.25, 0.3) is 11.6 Å². The zero-order valence-corrected chi connectivity index (χ0v) is 11.2. The number of amides is 1. The maximum Gasteiger partial charge on any atom is 0.288 e. The lowest BCUT2D eigenvalue weighted by atomic mass is 10.1. The van der Waals surface area contributed by atoms with Crippen molar-refractivity contribution in [2.45, 2.75) is 44.6 Å². The quantitative estimate of drug-likeness (QED) is 0.498. The number of hydrogen-bond acceptors (Lipinski definition) is 5. The van der Waals surface area contributed by atoms with Gasteiger partial charge >= 0.3 is 0 Å². The molecule has 1 heterocycles. The normalized spacial score (nSPS) is 16.4. The molecule has 7 heteroatoms. The van der Waals surface area contributed by atoms with E-state index in [1.165, 1.54) is 18.9 Å². The van der Waals surface area contributed by atoms with Crippen LogP contribution in [0.4, 0.5) is 11.5 Å². The zero-order chi connectivity index (χ0) is 14.5. The third-order valence-electron chi connectivity index (χ3n) is 3.55. The summed E-state index contributed by atoms with van der Waals surface area (Å²) in [5.74, 6) is -0.368. The summed E-state index contributed by atoms with van der Waals surface area (Å²) in [7, 11) is 0. The minimum atomic E-state index is -0.711. The number of primary amides is 1. The van der Waals surface area contributed by atoms with Crippen molar-refractivity contribution < 1.29 is 9.72 Å². The average Bonchev–Trinajstić information content (AvgIpc) is 2.67. The number of hydrogen-bond donors (Lipinski definition) is 2. The molecule has 1 saturated carbocycles. The second-order valence-corrected chi connectivity index (χ2v) is 5.04. The van der Waals surface area contributed by atoms with E-state index in [1.807, 2.05) is 0 Å². The van der Waals surface area contributed by atoms with E-state index in [4.69, 9.17) is 5.73 Å². The molecule has 3 N–H and O–H groups in total. The predicted octanol–water partition coefficient (Wildman–Crippen LogP) is 2.22. The smallest absolute Gasteiger partial charge is 0.288 e. The first-order valence-corrected chi connectivity index (χ1v) is 6.78. The second-order valence-electron chi connectivity index (χ2n) is 5.04. The van der Waals surface area contributed by atoms with Gasteiger partial charge in [-0.3, -0.25) is 14.9 Å². The van der Waals surface area contributed by atoms with Crippen LogP contribution in [0.3, 0.4) is 0 Å². The van der Waals surface area contributed by atoms with E-state index in [2.05, 4.69) is 10.3 Å². The Morgan fingerprint density at radius 1 is 1.35 bits per heavy atom. The predicted molar refractivity (Wildman–Crippen MR) is 74.5 cm³/mol. The third kappa shape index (κ3) is 3.43. The van der Waals surface area contributed by atoms with Crippen molar-refractivity contribution in [1.29, 1.82) is 0 Å². The fourth-order valence-corrected chi connectivity index (χ4v) is 2.47. The van der Waals surface area contributed by atoms with Gasteiger partial charge in [0.15, 0.2) is 0 Å². The van der Waals surface area contributed by atoms with E-state index in [-0.39, 0.29) is 17.3 Å². The topological polar surface area (TPSA) is 111 Å². The van der Waals surface area contributed by atoms with Gasteiger partial charge in [0.1, 0.15) is 12.0 Å². The lowest BCUT2D eigenvalue weighted by Crippen LogP contribution is -2.23. The van der Waals surface area contributed by atoms with Crippen LogP contribution in [0.1, 0.15) is 48.9 Å². The largest absolute Gasteiger partial charge is 0.367 e. The van der Waals surface area contributed by atoms with Crippen LogP contribution >= 0.6 is 0 Å². The fraction of sp³-hybridized carbons (Fsp3) is 0.538. The Labute approximate surface area is 116 Å². The van der Waals surface area contributed by atoms with Crippen LogP contribution in [0.25, 0.3) is 0 Å². The number of anilines is 1. The zero-order valence-electron chi connectivity index (χ0n) is 11.2. The van der Waals surface area contributed by atoms with Crippen LogP contribution in [0, 0.1) is 10.1 Å². The highest BCUT2D eigenvalue weighted by molar-refractivity contribution is 5.98. The molecule has 2 rings (SSSR count). The van der Waals surface area contributed by atoms with Crippen LogP contribution in [0.15, 0.2) is 12.3 Å². The Hall–Kier alpha value is -2.18. The molecule has 108 valence electrons. The molecule has 1 aliphatic rings. The lowest BCUT2D eigenvalue weighted by Gasteiger charge is -2.18. The lowest BCUT2D eigenvalue weighted by molar-refractivity contribution is -0.385. The molecular weight excluding hydrogens is 260 g/mol. The second kappa shape index (κ2) is 6.31. The Kier molecular flexibility index (Phi) is 4.49. The van der Waals surface area contributed by atoms with Gasteiger partial charge in [0.2, 0.25) is 0 Å². The van der Waals surface area contributed by atoms with Gasteiger partial charge in [-0.25, -0.2) is 4.98 Å². The summed E-state index contributed by atoms with van der Waals surface area (Å²) in [6, 6.07) is 1.42. The first-order valence-electron chi connectivity index (χ1n) is 6.78. The van der Waals surface area contributed by atoms with Gasteiger partial charge < -0.3 is 11.1 Å². The SMILES string of the molecule is NC(=O)c1cc([N+](=O)[O-])cnc1NC1CCCCCC1. The Bertz CT molecular complexity index is 510. The maximum absolute atomic E-state index is 11.4. The molecular formula is C13H18N4O3. The van der Waals surface area contributed by atoms with Crippen LogP contribution in [-0.4, -0.2) is 21.9 Å². The van der Waals surface area contributed by atoms with Gasteiger partial charge in [0, 0.05) is 12.1 Å². The highest BCUT2D eigenvalue weighted by Crippen LogP contribution is 2.24. The highest BCUT2D eigenvalue weighted by atomic mass is 16.6. The number of nitrogens with one attached hydrogen (secondary N) is 1. The van der Waals surface area contributed by atoms with Gasteiger partial charge in [-0.05, 0) is 12.8 Å². The molecule has 0 bridgehead atoms. The van der Waals surface area contributed by atoms with Gasteiger partial charge in [0.05, 0.1) is 10.5 Å². The fourth-order valence-electron chi connectivity index (χ4n) is 2.47. The van der Waals surface area contributed by atoms with Gasteiger partial charge in [-0.2, -0.15) is 0 Å². The molecule has 0 unspecified atom stereocenters.